The number of aromatic amines is 1. The summed E-state index contributed by atoms with van der Waals surface area (Å²) in [6.45, 7) is 1.43. The number of ether oxygens (including phenoxy) is 1. The summed E-state index contributed by atoms with van der Waals surface area (Å²) in [7, 11) is 0. The predicted octanol–water partition coefficient (Wildman–Crippen LogP) is 2.05. The summed E-state index contributed by atoms with van der Waals surface area (Å²) < 4.78 is 7.06. The zero-order valence-electron chi connectivity index (χ0n) is 9.88. The molecule has 0 bridgehead atoms. The minimum Gasteiger partial charge on any atom is -0.377 e. The predicted molar refractivity (Wildman–Crippen MR) is 70.0 cm³/mol. The van der Waals surface area contributed by atoms with Gasteiger partial charge >= 0.3 is 0 Å². The maximum Gasteiger partial charge on any atom is 0.179 e. The van der Waals surface area contributed by atoms with Crippen LogP contribution < -0.4 is 0 Å². The number of rotatable bonds is 2. The number of imidazole rings is 1. The van der Waals surface area contributed by atoms with Crippen molar-refractivity contribution in [3.05, 3.63) is 29.7 Å². The lowest BCUT2D eigenvalue weighted by Crippen LogP contribution is -2.30. The molecule has 3 aromatic heterocycles. The summed E-state index contributed by atoms with van der Waals surface area (Å²) >= 11 is 6.10. The second-order valence-electron chi connectivity index (χ2n) is 4.48. The van der Waals surface area contributed by atoms with Gasteiger partial charge in [-0.15, -0.1) is 0 Å². The normalized spacial score (nSPS) is 15.8. The van der Waals surface area contributed by atoms with E-state index in [0.717, 1.165) is 16.9 Å². The lowest BCUT2D eigenvalue weighted by molar-refractivity contribution is -0.0286. The third-order valence-electron chi connectivity index (χ3n) is 3.21. The first-order valence-corrected chi connectivity index (χ1v) is 6.31. The first-order chi connectivity index (χ1) is 9.31. The highest BCUT2D eigenvalue weighted by Gasteiger charge is 2.21. The van der Waals surface area contributed by atoms with E-state index in [2.05, 4.69) is 20.1 Å². The zero-order chi connectivity index (χ0) is 12.8. The molecule has 1 aliphatic heterocycles. The maximum atomic E-state index is 6.10. The van der Waals surface area contributed by atoms with Gasteiger partial charge in [-0.25, -0.2) is 9.97 Å². The quantitative estimate of drug-likeness (QED) is 0.777. The van der Waals surface area contributed by atoms with Crippen LogP contribution in [-0.2, 0) is 4.74 Å². The monoisotopic (exact) mass is 275 g/mol. The van der Waals surface area contributed by atoms with E-state index in [0.29, 0.717) is 29.9 Å². The highest BCUT2D eigenvalue weighted by atomic mass is 35.5. The van der Waals surface area contributed by atoms with Crippen LogP contribution >= 0.6 is 11.6 Å². The van der Waals surface area contributed by atoms with Gasteiger partial charge in [0.05, 0.1) is 36.0 Å². The highest BCUT2D eigenvalue weighted by molar-refractivity contribution is 6.34. The van der Waals surface area contributed by atoms with E-state index in [4.69, 9.17) is 16.3 Å². The van der Waals surface area contributed by atoms with Crippen LogP contribution in [0.1, 0.15) is 6.04 Å². The van der Waals surface area contributed by atoms with Crippen LogP contribution in [0.25, 0.3) is 22.6 Å². The number of pyridine rings is 1. The molecule has 1 N–H and O–H groups in total. The van der Waals surface area contributed by atoms with Crippen molar-refractivity contribution < 1.29 is 4.74 Å². The average Bonchev–Trinajstić information content (AvgIpc) is 2.93. The van der Waals surface area contributed by atoms with Gasteiger partial charge in [0.2, 0.25) is 0 Å². The Bertz CT molecular complexity index is 746. The Morgan fingerprint density at radius 1 is 1.42 bits per heavy atom. The van der Waals surface area contributed by atoms with Crippen LogP contribution in [0.4, 0.5) is 0 Å². The van der Waals surface area contributed by atoms with Gasteiger partial charge in [-0.2, -0.15) is 5.10 Å². The largest absolute Gasteiger partial charge is 0.377 e. The van der Waals surface area contributed by atoms with E-state index in [1.54, 1.807) is 18.5 Å². The lowest BCUT2D eigenvalue weighted by Gasteiger charge is -2.25. The summed E-state index contributed by atoms with van der Waals surface area (Å²) in [5, 5.41) is 4.94. The molecule has 0 radical (unpaired) electrons. The SMILES string of the molecule is Clc1ccnc2nc(-c3cnn(C4COC4)c3)[nH]c12. The molecule has 0 saturated carbocycles. The van der Waals surface area contributed by atoms with Crippen molar-refractivity contribution in [3.8, 4) is 11.4 Å². The van der Waals surface area contributed by atoms with E-state index in [9.17, 15) is 0 Å². The molecule has 0 spiro atoms. The summed E-state index contributed by atoms with van der Waals surface area (Å²) in [6, 6.07) is 2.07. The molecule has 96 valence electrons. The number of aromatic nitrogens is 5. The lowest BCUT2D eigenvalue weighted by atomic mass is 10.2. The topological polar surface area (TPSA) is 68.6 Å². The van der Waals surface area contributed by atoms with E-state index in [-0.39, 0.29) is 0 Å². The molecule has 0 aromatic carbocycles. The molecular weight excluding hydrogens is 266 g/mol. The van der Waals surface area contributed by atoms with E-state index < -0.39 is 0 Å². The van der Waals surface area contributed by atoms with Gasteiger partial charge in [-0.1, -0.05) is 11.6 Å². The second kappa shape index (κ2) is 4.04. The first-order valence-electron chi connectivity index (χ1n) is 5.94. The molecule has 1 saturated heterocycles. The van der Waals surface area contributed by atoms with Crippen molar-refractivity contribution in [2.24, 2.45) is 0 Å². The van der Waals surface area contributed by atoms with Gasteiger partial charge in [-0.05, 0) is 6.07 Å². The number of halogens is 1. The molecule has 6 nitrogen and oxygen atoms in total. The number of nitrogens with one attached hydrogen (secondary N) is 1. The molecule has 19 heavy (non-hydrogen) atoms. The Kier molecular flexibility index (Phi) is 2.33. The minimum absolute atomic E-state index is 0.333. The van der Waals surface area contributed by atoms with Crippen molar-refractivity contribution in [1.29, 1.82) is 0 Å². The summed E-state index contributed by atoms with van der Waals surface area (Å²) in [4.78, 5) is 11.8. The molecule has 1 aliphatic rings. The fourth-order valence-corrected chi connectivity index (χ4v) is 2.24. The van der Waals surface area contributed by atoms with Crippen LogP contribution in [0.15, 0.2) is 24.7 Å². The standard InChI is InChI=1S/C12H10ClN5O/c13-9-1-2-14-12-10(9)16-11(17-12)7-3-15-18(4-7)8-5-19-6-8/h1-4,8H,5-6H2,(H,14,16,17). The van der Waals surface area contributed by atoms with E-state index in [1.165, 1.54) is 0 Å². The molecule has 0 unspecified atom stereocenters. The third kappa shape index (κ3) is 1.72. The summed E-state index contributed by atoms with van der Waals surface area (Å²) in [5.74, 6) is 0.724. The molecule has 3 aromatic rings. The Balaban J connectivity index is 1.77. The van der Waals surface area contributed by atoms with Crippen LogP contribution in [0, 0.1) is 0 Å². The molecule has 0 aliphatic carbocycles. The van der Waals surface area contributed by atoms with Crippen molar-refractivity contribution in [2.75, 3.05) is 13.2 Å². The Hall–Kier alpha value is -1.92. The van der Waals surface area contributed by atoms with E-state index in [1.807, 2.05) is 10.9 Å². The molecule has 1 fully saturated rings. The molecule has 0 amide bonds. The van der Waals surface area contributed by atoms with Crippen molar-refractivity contribution in [3.63, 3.8) is 0 Å². The molecule has 7 heteroatoms. The summed E-state index contributed by atoms with van der Waals surface area (Å²) in [6.07, 6.45) is 5.38. The Morgan fingerprint density at radius 2 is 2.32 bits per heavy atom. The minimum atomic E-state index is 0.333. The van der Waals surface area contributed by atoms with Crippen molar-refractivity contribution in [2.45, 2.75) is 6.04 Å². The smallest absolute Gasteiger partial charge is 0.179 e. The average molecular weight is 276 g/mol. The van der Waals surface area contributed by atoms with Gasteiger partial charge in [-0.3, -0.25) is 4.68 Å². The van der Waals surface area contributed by atoms with Gasteiger partial charge in [0, 0.05) is 12.4 Å². The van der Waals surface area contributed by atoms with Crippen molar-refractivity contribution in [1.82, 2.24) is 24.7 Å². The third-order valence-corrected chi connectivity index (χ3v) is 3.53. The maximum absolute atomic E-state index is 6.10. The molecule has 4 rings (SSSR count). The van der Waals surface area contributed by atoms with Crippen LogP contribution in [0.3, 0.4) is 0 Å². The highest BCUT2D eigenvalue weighted by Crippen LogP contribution is 2.25. The van der Waals surface area contributed by atoms with Gasteiger partial charge in [0.15, 0.2) is 5.65 Å². The van der Waals surface area contributed by atoms with Gasteiger partial charge < -0.3 is 9.72 Å². The molecular formula is C12H10ClN5O. The fraction of sp³-hybridized carbons (Fsp3) is 0.250. The van der Waals surface area contributed by atoms with Crippen molar-refractivity contribution >= 4 is 22.8 Å². The van der Waals surface area contributed by atoms with Crippen LogP contribution in [-0.4, -0.2) is 37.9 Å². The van der Waals surface area contributed by atoms with Crippen LogP contribution in [0.2, 0.25) is 5.02 Å². The number of fused-ring (bicyclic) bond motifs is 1. The van der Waals surface area contributed by atoms with E-state index >= 15 is 0 Å². The van der Waals surface area contributed by atoms with Gasteiger partial charge in [0.1, 0.15) is 11.3 Å². The molecule has 0 atom stereocenters. The number of H-pyrrole nitrogens is 1. The first kappa shape index (κ1) is 11.0. The fourth-order valence-electron chi connectivity index (χ4n) is 2.05. The second-order valence-corrected chi connectivity index (χ2v) is 4.88. The summed E-state index contributed by atoms with van der Waals surface area (Å²) in [5.41, 5.74) is 2.28. The molecule has 4 heterocycles. The Labute approximate surface area is 113 Å². The zero-order valence-corrected chi connectivity index (χ0v) is 10.6. The number of hydrogen-bond acceptors (Lipinski definition) is 4. The van der Waals surface area contributed by atoms with Gasteiger partial charge in [0.25, 0.3) is 0 Å². The van der Waals surface area contributed by atoms with Crippen LogP contribution in [0.5, 0.6) is 0 Å². The number of nitrogens with zero attached hydrogens (tertiary/aromatic N) is 4. The number of hydrogen-bond donors (Lipinski definition) is 1. The Morgan fingerprint density at radius 3 is 3.05 bits per heavy atom.